The van der Waals surface area contributed by atoms with Crippen LogP contribution in [0, 0.1) is 0 Å². The summed E-state index contributed by atoms with van der Waals surface area (Å²) in [4.78, 5) is 26.5. The maximum atomic E-state index is 13.2. The number of carbonyl (C=O) groups excluding carboxylic acids is 2. The molecule has 0 N–H and O–H groups in total. The summed E-state index contributed by atoms with van der Waals surface area (Å²) in [5, 5.41) is 0.176. The van der Waals surface area contributed by atoms with E-state index in [1.807, 2.05) is 0 Å². The fourth-order valence-corrected chi connectivity index (χ4v) is 6.06. The molecule has 0 radical (unpaired) electrons. The smallest absolute Gasteiger partial charge is 0.345 e. The summed E-state index contributed by atoms with van der Waals surface area (Å²) >= 11 is 49.5. The summed E-state index contributed by atoms with van der Waals surface area (Å²) in [6.45, 7) is 0. The molecule has 0 aliphatic heterocycles. The van der Waals surface area contributed by atoms with E-state index in [-0.39, 0.29) is 61.7 Å². The highest BCUT2D eigenvalue weighted by molar-refractivity contribution is 9.15. The van der Waals surface area contributed by atoms with Gasteiger partial charge in [-0.1, -0.05) is 69.6 Å². The van der Waals surface area contributed by atoms with Gasteiger partial charge in [-0.15, -0.1) is 0 Å². The van der Waals surface area contributed by atoms with E-state index in [9.17, 15) is 9.59 Å². The third-order valence-electron chi connectivity index (χ3n) is 4.08. The number of carbonyl (C=O) groups is 2. The Hall–Kier alpha value is 0.260. The topological polar surface area (TPSA) is 52.6 Å². The van der Waals surface area contributed by atoms with Gasteiger partial charge in [-0.3, -0.25) is 0 Å². The van der Waals surface area contributed by atoms with Crippen LogP contribution in [0.25, 0.3) is 0 Å². The zero-order chi connectivity index (χ0) is 25.5. The molecule has 178 valence electrons. The lowest BCUT2D eigenvalue weighted by atomic mass is 10.1. The van der Waals surface area contributed by atoms with E-state index in [0.717, 1.165) is 0 Å². The average Bonchev–Trinajstić information content (AvgIpc) is 2.80. The second-order valence-corrected chi connectivity index (χ2v) is 11.6. The van der Waals surface area contributed by atoms with Crippen LogP contribution in [0.15, 0.2) is 42.2 Å². The first-order chi connectivity index (χ1) is 15.9. The third kappa shape index (κ3) is 5.72. The Labute approximate surface area is 256 Å². The van der Waals surface area contributed by atoms with E-state index in [2.05, 4.69) is 63.7 Å². The molecule has 34 heavy (non-hydrogen) atoms. The molecule has 0 atom stereocenters. The molecule has 4 nitrogen and oxygen atoms in total. The van der Waals surface area contributed by atoms with Gasteiger partial charge in [-0.25, -0.2) is 9.59 Å². The Kier molecular flexibility index (Phi) is 9.97. The zero-order valence-electron chi connectivity index (χ0n) is 15.7. The monoisotopic (exact) mass is 833 g/mol. The van der Waals surface area contributed by atoms with Crippen LogP contribution >= 0.6 is 133 Å². The van der Waals surface area contributed by atoms with Crippen LogP contribution in [0.3, 0.4) is 0 Å². The Morgan fingerprint density at radius 1 is 0.529 bits per heavy atom. The van der Waals surface area contributed by atoms with Crippen LogP contribution < -0.4 is 9.47 Å². The van der Waals surface area contributed by atoms with Crippen molar-refractivity contribution in [3.8, 4) is 11.5 Å². The summed E-state index contributed by atoms with van der Waals surface area (Å²) in [5.74, 6) is -2.05. The minimum atomic E-state index is -0.951. The molecule has 0 saturated carbocycles. The van der Waals surface area contributed by atoms with Gasteiger partial charge < -0.3 is 9.47 Å². The van der Waals surface area contributed by atoms with Gasteiger partial charge in [0.15, 0.2) is 11.5 Å². The van der Waals surface area contributed by atoms with Crippen LogP contribution in [0.4, 0.5) is 0 Å². The number of esters is 2. The molecule has 3 aromatic carbocycles. The summed E-state index contributed by atoms with van der Waals surface area (Å²) in [7, 11) is 0. The van der Waals surface area contributed by atoms with Crippen LogP contribution in [-0.2, 0) is 0 Å². The van der Waals surface area contributed by atoms with Crippen molar-refractivity contribution in [3.05, 3.63) is 83.4 Å². The summed E-state index contributed by atoms with van der Waals surface area (Å²) in [6, 6.07) is 5.53. The van der Waals surface area contributed by atoms with Crippen LogP contribution in [-0.4, -0.2) is 11.9 Å². The standard InChI is InChI=1S/C20H4Br4Cl6O4/c21-11-9(19(31)33-7-3-1-5(25)15(27)17(7)29)10(12(22)14(24)13(11)23)20(32)34-8-4-2-6(26)16(28)18(8)30/h1-4H. The maximum absolute atomic E-state index is 13.2. The molecule has 14 heteroatoms. The second-order valence-electron chi connectivity index (χ2n) is 6.13. The van der Waals surface area contributed by atoms with Crippen LogP contribution in [0.5, 0.6) is 11.5 Å². The van der Waals surface area contributed by atoms with Gasteiger partial charge >= 0.3 is 11.9 Å². The highest BCUT2D eigenvalue weighted by atomic mass is 79.9. The summed E-state index contributed by atoms with van der Waals surface area (Å²) < 4.78 is 12.1. The molecule has 0 bridgehead atoms. The van der Waals surface area contributed by atoms with E-state index >= 15 is 0 Å². The molecule has 3 rings (SSSR count). The van der Waals surface area contributed by atoms with Crippen molar-refractivity contribution in [2.45, 2.75) is 0 Å². The predicted molar refractivity (Wildman–Crippen MR) is 150 cm³/mol. The number of rotatable bonds is 4. The van der Waals surface area contributed by atoms with Gasteiger partial charge in [-0.2, -0.15) is 0 Å². The average molecular weight is 841 g/mol. The highest BCUT2D eigenvalue weighted by Crippen LogP contribution is 2.44. The van der Waals surface area contributed by atoms with Gasteiger partial charge in [0.1, 0.15) is 10.0 Å². The molecule has 0 amide bonds. The minimum absolute atomic E-state index is 0.000224. The lowest BCUT2D eigenvalue weighted by Crippen LogP contribution is -2.20. The normalized spacial score (nSPS) is 10.9. The Bertz CT molecular complexity index is 1260. The first kappa shape index (κ1) is 28.8. The SMILES string of the molecule is O=C(Oc1ccc(Cl)c(Cl)c1Cl)c1c(Br)c(Br)c(Br)c(Br)c1C(=O)Oc1ccc(Cl)c(Cl)c1Cl. The Balaban J connectivity index is 2.12. The van der Waals surface area contributed by atoms with Crippen molar-refractivity contribution in [1.29, 1.82) is 0 Å². The first-order valence-corrected chi connectivity index (χ1v) is 13.9. The molecular weight excluding hydrogens is 837 g/mol. The van der Waals surface area contributed by atoms with E-state index < -0.39 is 11.9 Å². The van der Waals surface area contributed by atoms with Crippen molar-refractivity contribution in [3.63, 3.8) is 0 Å². The zero-order valence-corrected chi connectivity index (χ0v) is 26.6. The van der Waals surface area contributed by atoms with E-state index in [0.29, 0.717) is 8.95 Å². The third-order valence-corrected chi connectivity index (χ3v) is 11.4. The van der Waals surface area contributed by atoms with Gasteiger partial charge in [0.2, 0.25) is 0 Å². The minimum Gasteiger partial charge on any atom is -0.421 e. The van der Waals surface area contributed by atoms with Gasteiger partial charge in [-0.05, 0) is 88.0 Å². The van der Waals surface area contributed by atoms with E-state index in [1.54, 1.807) is 0 Å². The van der Waals surface area contributed by atoms with E-state index in [4.69, 9.17) is 79.1 Å². The summed E-state index contributed by atoms with van der Waals surface area (Å²) in [6.07, 6.45) is 0. The van der Waals surface area contributed by atoms with Crippen molar-refractivity contribution in [2.75, 3.05) is 0 Å². The Morgan fingerprint density at radius 3 is 1.18 bits per heavy atom. The molecular formula is C20H4Br4Cl6O4. The largest absolute Gasteiger partial charge is 0.421 e. The molecule has 0 aromatic heterocycles. The quantitative estimate of drug-likeness (QED) is 0.114. The van der Waals surface area contributed by atoms with Crippen molar-refractivity contribution in [1.82, 2.24) is 0 Å². The predicted octanol–water partition coefficient (Wildman–Crippen LogP) is 11.1. The number of hydrogen-bond donors (Lipinski definition) is 0. The molecule has 0 unspecified atom stereocenters. The lowest BCUT2D eigenvalue weighted by molar-refractivity contribution is 0.0690. The molecule has 0 spiro atoms. The molecule has 0 fully saturated rings. The fourth-order valence-electron chi connectivity index (χ4n) is 2.49. The number of benzene rings is 3. The Morgan fingerprint density at radius 2 is 0.853 bits per heavy atom. The number of halogens is 10. The van der Waals surface area contributed by atoms with Crippen molar-refractivity contribution < 1.29 is 19.1 Å². The van der Waals surface area contributed by atoms with Gasteiger partial charge in [0.05, 0.1) is 31.2 Å². The molecule has 0 aliphatic carbocycles. The second kappa shape index (κ2) is 11.8. The molecule has 3 aromatic rings. The fraction of sp³-hybridized carbons (Fsp3) is 0. The number of hydrogen-bond acceptors (Lipinski definition) is 4. The van der Waals surface area contributed by atoms with E-state index in [1.165, 1.54) is 24.3 Å². The maximum Gasteiger partial charge on any atom is 0.345 e. The van der Waals surface area contributed by atoms with Crippen molar-refractivity contribution >= 4 is 145 Å². The number of ether oxygens (including phenoxy) is 2. The summed E-state index contributed by atoms with van der Waals surface area (Å²) in [5.41, 5.74) is -0.379. The lowest BCUT2D eigenvalue weighted by Gasteiger charge is -2.17. The molecule has 0 heterocycles. The van der Waals surface area contributed by atoms with Crippen LogP contribution in [0.2, 0.25) is 30.1 Å². The molecule has 0 aliphatic rings. The molecule has 0 saturated heterocycles. The van der Waals surface area contributed by atoms with Crippen molar-refractivity contribution in [2.24, 2.45) is 0 Å². The van der Waals surface area contributed by atoms with Gasteiger partial charge in [0, 0.05) is 17.9 Å². The highest BCUT2D eigenvalue weighted by Gasteiger charge is 2.31. The first-order valence-electron chi connectivity index (χ1n) is 8.44. The van der Waals surface area contributed by atoms with Crippen LogP contribution in [0.1, 0.15) is 20.7 Å². The van der Waals surface area contributed by atoms with Gasteiger partial charge in [0.25, 0.3) is 0 Å².